The summed E-state index contributed by atoms with van der Waals surface area (Å²) in [7, 11) is 0. The van der Waals surface area contributed by atoms with Gasteiger partial charge in [0.2, 0.25) is 0 Å². The molecule has 0 amide bonds. The van der Waals surface area contributed by atoms with Crippen LogP contribution >= 0.6 is 0 Å². The molecule has 0 unspecified atom stereocenters. The van der Waals surface area contributed by atoms with Crippen molar-refractivity contribution in [3.63, 3.8) is 0 Å². The fraction of sp³-hybridized carbons (Fsp3) is 0.375. The molecule has 0 aromatic carbocycles. The van der Waals surface area contributed by atoms with Crippen LogP contribution in [-0.4, -0.2) is 23.7 Å². The summed E-state index contributed by atoms with van der Waals surface area (Å²) in [5.41, 5.74) is 0.785. The molecule has 1 aliphatic heterocycles. The molecule has 2 N–H and O–H groups in total. The molecule has 1 atom stereocenters. The molecule has 0 aromatic heterocycles. The monoisotopic (exact) mass is 169 g/mol. The SMILES string of the molecule is C[C@H](NC1=CC=COC1)C(=O)O. The Morgan fingerprint density at radius 3 is 3.08 bits per heavy atom. The molecule has 0 saturated heterocycles. The lowest BCUT2D eigenvalue weighted by Crippen LogP contribution is -2.34. The zero-order chi connectivity index (χ0) is 8.97. The topological polar surface area (TPSA) is 58.6 Å². The van der Waals surface area contributed by atoms with Crippen molar-refractivity contribution < 1.29 is 14.6 Å². The maximum Gasteiger partial charge on any atom is 0.325 e. The number of ether oxygens (including phenoxy) is 1. The first kappa shape index (κ1) is 8.64. The Morgan fingerprint density at radius 2 is 2.58 bits per heavy atom. The first-order valence-corrected chi connectivity index (χ1v) is 3.67. The van der Waals surface area contributed by atoms with E-state index in [4.69, 9.17) is 9.84 Å². The summed E-state index contributed by atoms with van der Waals surface area (Å²) >= 11 is 0. The summed E-state index contributed by atoms with van der Waals surface area (Å²) in [6, 6.07) is -0.577. The van der Waals surface area contributed by atoms with Gasteiger partial charge in [-0.05, 0) is 19.1 Å². The summed E-state index contributed by atoms with van der Waals surface area (Å²) in [4.78, 5) is 10.4. The zero-order valence-electron chi connectivity index (χ0n) is 6.78. The highest BCUT2D eigenvalue weighted by Crippen LogP contribution is 2.00. The van der Waals surface area contributed by atoms with Crippen LogP contribution in [0.25, 0.3) is 0 Å². The summed E-state index contributed by atoms with van der Waals surface area (Å²) < 4.78 is 4.96. The van der Waals surface area contributed by atoms with Gasteiger partial charge in [-0.3, -0.25) is 4.79 Å². The fourth-order valence-corrected chi connectivity index (χ4v) is 0.827. The van der Waals surface area contributed by atoms with E-state index in [-0.39, 0.29) is 0 Å². The van der Waals surface area contributed by atoms with Gasteiger partial charge in [0.15, 0.2) is 0 Å². The van der Waals surface area contributed by atoms with Gasteiger partial charge in [0.05, 0.1) is 6.26 Å². The van der Waals surface area contributed by atoms with Crippen molar-refractivity contribution in [3.8, 4) is 0 Å². The Labute approximate surface area is 70.5 Å². The van der Waals surface area contributed by atoms with E-state index in [1.54, 1.807) is 25.3 Å². The van der Waals surface area contributed by atoms with Crippen LogP contribution in [0.3, 0.4) is 0 Å². The zero-order valence-corrected chi connectivity index (χ0v) is 6.78. The second-order valence-electron chi connectivity index (χ2n) is 2.54. The molecule has 0 bridgehead atoms. The van der Waals surface area contributed by atoms with Crippen molar-refractivity contribution in [1.29, 1.82) is 0 Å². The average molecular weight is 169 g/mol. The molecule has 12 heavy (non-hydrogen) atoms. The van der Waals surface area contributed by atoms with Gasteiger partial charge in [-0.25, -0.2) is 0 Å². The minimum atomic E-state index is -0.870. The highest BCUT2D eigenvalue weighted by molar-refractivity contribution is 5.73. The Hall–Kier alpha value is -1.45. The minimum absolute atomic E-state index is 0.411. The molecular weight excluding hydrogens is 158 g/mol. The molecule has 1 aliphatic rings. The number of carboxylic acids is 1. The lowest BCUT2D eigenvalue weighted by atomic mass is 10.3. The number of nitrogens with one attached hydrogen (secondary N) is 1. The molecule has 0 saturated carbocycles. The summed E-state index contributed by atoms with van der Waals surface area (Å²) in [5.74, 6) is -0.870. The van der Waals surface area contributed by atoms with E-state index in [2.05, 4.69) is 5.32 Å². The highest BCUT2D eigenvalue weighted by Gasteiger charge is 2.11. The Kier molecular flexibility index (Phi) is 2.74. The van der Waals surface area contributed by atoms with E-state index in [0.717, 1.165) is 5.70 Å². The van der Waals surface area contributed by atoms with E-state index >= 15 is 0 Å². The van der Waals surface area contributed by atoms with E-state index < -0.39 is 12.0 Å². The maximum absolute atomic E-state index is 10.4. The smallest absolute Gasteiger partial charge is 0.325 e. The number of hydrogen-bond donors (Lipinski definition) is 2. The summed E-state index contributed by atoms with van der Waals surface area (Å²) in [5, 5.41) is 11.4. The number of carboxylic acid groups (broad SMARTS) is 1. The third-order valence-corrected chi connectivity index (χ3v) is 1.48. The molecule has 0 aromatic rings. The lowest BCUT2D eigenvalue weighted by Gasteiger charge is -2.15. The van der Waals surface area contributed by atoms with Crippen LogP contribution in [0.1, 0.15) is 6.92 Å². The van der Waals surface area contributed by atoms with Crippen LogP contribution in [0, 0.1) is 0 Å². The van der Waals surface area contributed by atoms with Crippen LogP contribution in [0.4, 0.5) is 0 Å². The van der Waals surface area contributed by atoms with Crippen molar-refractivity contribution in [3.05, 3.63) is 24.1 Å². The highest BCUT2D eigenvalue weighted by atomic mass is 16.5. The Balaban J connectivity index is 2.45. The third kappa shape index (κ3) is 2.30. The number of carbonyl (C=O) groups is 1. The summed E-state index contributed by atoms with van der Waals surface area (Å²) in [6.45, 7) is 2.00. The van der Waals surface area contributed by atoms with Crippen molar-refractivity contribution in [1.82, 2.24) is 5.32 Å². The average Bonchev–Trinajstić information content (AvgIpc) is 2.06. The van der Waals surface area contributed by atoms with Gasteiger partial charge < -0.3 is 15.2 Å². The molecule has 0 radical (unpaired) electrons. The molecule has 4 heteroatoms. The lowest BCUT2D eigenvalue weighted by molar-refractivity contribution is -0.138. The molecule has 0 fully saturated rings. The molecule has 0 aliphatic carbocycles. The third-order valence-electron chi connectivity index (χ3n) is 1.48. The van der Waals surface area contributed by atoms with Crippen molar-refractivity contribution in [2.24, 2.45) is 0 Å². The molecule has 4 nitrogen and oxygen atoms in total. The van der Waals surface area contributed by atoms with Crippen LogP contribution in [0.15, 0.2) is 24.1 Å². The first-order valence-electron chi connectivity index (χ1n) is 3.67. The van der Waals surface area contributed by atoms with Gasteiger partial charge in [0.1, 0.15) is 12.6 Å². The van der Waals surface area contributed by atoms with E-state index in [1.807, 2.05) is 0 Å². The minimum Gasteiger partial charge on any atom is -0.495 e. The van der Waals surface area contributed by atoms with Crippen LogP contribution in [0.2, 0.25) is 0 Å². The fourth-order valence-electron chi connectivity index (χ4n) is 0.827. The van der Waals surface area contributed by atoms with Gasteiger partial charge >= 0.3 is 5.97 Å². The van der Waals surface area contributed by atoms with E-state index in [1.165, 1.54) is 0 Å². The van der Waals surface area contributed by atoms with Gasteiger partial charge in [0, 0.05) is 5.70 Å². The summed E-state index contributed by atoms with van der Waals surface area (Å²) in [6.07, 6.45) is 5.08. The van der Waals surface area contributed by atoms with Crippen LogP contribution < -0.4 is 5.32 Å². The van der Waals surface area contributed by atoms with Crippen LogP contribution in [-0.2, 0) is 9.53 Å². The number of hydrogen-bond acceptors (Lipinski definition) is 3. The number of allylic oxidation sites excluding steroid dienone is 2. The van der Waals surface area contributed by atoms with Gasteiger partial charge in [0.25, 0.3) is 0 Å². The van der Waals surface area contributed by atoms with Crippen molar-refractivity contribution in [2.45, 2.75) is 13.0 Å². The van der Waals surface area contributed by atoms with Crippen molar-refractivity contribution >= 4 is 5.97 Å². The van der Waals surface area contributed by atoms with Crippen molar-refractivity contribution in [2.75, 3.05) is 6.61 Å². The second kappa shape index (κ2) is 3.80. The first-order chi connectivity index (χ1) is 5.70. The predicted octanol–water partition coefficient (Wildman–Crippen LogP) is 0.477. The van der Waals surface area contributed by atoms with Gasteiger partial charge in [-0.1, -0.05) is 0 Å². The van der Waals surface area contributed by atoms with Gasteiger partial charge in [-0.15, -0.1) is 0 Å². The number of rotatable bonds is 3. The molecular formula is C8H11NO3. The maximum atomic E-state index is 10.4. The molecule has 66 valence electrons. The van der Waals surface area contributed by atoms with Gasteiger partial charge in [-0.2, -0.15) is 0 Å². The largest absolute Gasteiger partial charge is 0.495 e. The van der Waals surface area contributed by atoms with E-state index in [9.17, 15) is 4.79 Å². The predicted molar refractivity (Wildman–Crippen MR) is 43.4 cm³/mol. The normalized spacial score (nSPS) is 17.6. The molecule has 0 spiro atoms. The Morgan fingerprint density at radius 1 is 1.83 bits per heavy atom. The van der Waals surface area contributed by atoms with Crippen LogP contribution in [0.5, 0.6) is 0 Å². The molecule has 1 heterocycles. The quantitative estimate of drug-likeness (QED) is 0.645. The second-order valence-corrected chi connectivity index (χ2v) is 2.54. The van der Waals surface area contributed by atoms with E-state index in [0.29, 0.717) is 6.61 Å². The number of aliphatic carboxylic acids is 1. The Bertz CT molecular complexity index is 232. The standard InChI is InChI=1S/C8H11NO3/c1-6(8(10)11)9-7-3-2-4-12-5-7/h2-4,6,9H,5H2,1H3,(H,10,11)/t6-/m0/s1. The molecule has 1 rings (SSSR count).